The quantitative estimate of drug-likeness (QED) is 0.849. The van der Waals surface area contributed by atoms with Crippen LogP contribution in [0, 0.1) is 0 Å². The molecule has 0 fully saturated rings. The number of nitrogens with zero attached hydrogens (tertiary/aromatic N) is 1. The van der Waals surface area contributed by atoms with Crippen LogP contribution in [0.3, 0.4) is 0 Å². The van der Waals surface area contributed by atoms with Crippen molar-refractivity contribution in [1.82, 2.24) is 0 Å². The zero-order valence-electron chi connectivity index (χ0n) is 14.4. The molecule has 1 amide bonds. The summed E-state index contributed by atoms with van der Waals surface area (Å²) in [6.45, 7) is 1.34. The molecule has 1 unspecified atom stereocenters. The van der Waals surface area contributed by atoms with Crippen LogP contribution in [-0.2, 0) is 16.0 Å². The molecule has 0 aliphatic carbocycles. The van der Waals surface area contributed by atoms with Crippen molar-refractivity contribution in [3.63, 3.8) is 0 Å². The number of carbonyl (C=O) groups is 1. The van der Waals surface area contributed by atoms with E-state index in [2.05, 4.69) is 11.4 Å². The first kappa shape index (κ1) is 17.5. The van der Waals surface area contributed by atoms with Gasteiger partial charge in [0, 0.05) is 25.0 Å². The zero-order chi connectivity index (χ0) is 17.6. The molecule has 25 heavy (non-hydrogen) atoms. The number of carbonyl (C=O) groups excluding carboxylic acids is 1. The Morgan fingerprint density at radius 3 is 2.76 bits per heavy atom. The van der Waals surface area contributed by atoms with Gasteiger partial charge in [0.2, 0.25) is 5.91 Å². The van der Waals surface area contributed by atoms with E-state index in [-0.39, 0.29) is 18.6 Å². The predicted molar refractivity (Wildman–Crippen MR) is 98.9 cm³/mol. The van der Waals surface area contributed by atoms with Crippen LogP contribution in [0.15, 0.2) is 48.5 Å². The van der Waals surface area contributed by atoms with Gasteiger partial charge >= 0.3 is 0 Å². The molecule has 132 valence electrons. The van der Waals surface area contributed by atoms with Gasteiger partial charge in [-0.3, -0.25) is 4.79 Å². The Kier molecular flexibility index (Phi) is 5.68. The number of fused-ring (bicyclic) bond motifs is 1. The van der Waals surface area contributed by atoms with E-state index < -0.39 is 0 Å². The van der Waals surface area contributed by atoms with Crippen LogP contribution >= 0.6 is 0 Å². The van der Waals surface area contributed by atoms with Crippen molar-refractivity contribution < 1.29 is 14.6 Å². The van der Waals surface area contributed by atoms with Crippen molar-refractivity contribution in [2.75, 3.05) is 37.0 Å². The van der Waals surface area contributed by atoms with Gasteiger partial charge in [0.05, 0.1) is 25.7 Å². The lowest BCUT2D eigenvalue weighted by atomic mass is 9.95. The molecule has 0 saturated heterocycles. The number of nitrogens with one attached hydrogen (secondary N) is 1. The normalized spacial score (nSPS) is 16.2. The maximum absolute atomic E-state index is 12.4. The van der Waals surface area contributed by atoms with E-state index >= 15 is 0 Å². The molecule has 2 N–H and O–H groups in total. The van der Waals surface area contributed by atoms with Gasteiger partial charge in [-0.25, -0.2) is 0 Å². The van der Waals surface area contributed by atoms with Gasteiger partial charge in [-0.1, -0.05) is 24.3 Å². The highest BCUT2D eigenvalue weighted by Crippen LogP contribution is 2.29. The lowest BCUT2D eigenvalue weighted by molar-refractivity contribution is -0.119. The van der Waals surface area contributed by atoms with Crippen molar-refractivity contribution >= 4 is 17.3 Å². The maximum Gasteiger partial charge on any atom is 0.227 e. The molecule has 5 nitrogen and oxygen atoms in total. The Labute approximate surface area is 148 Å². The average molecular weight is 340 g/mol. The minimum absolute atomic E-state index is 0.0573. The van der Waals surface area contributed by atoms with E-state index in [4.69, 9.17) is 9.84 Å². The number of anilines is 2. The average Bonchev–Trinajstić information content (AvgIpc) is 2.63. The molecule has 0 spiro atoms. The van der Waals surface area contributed by atoms with Gasteiger partial charge in [0.15, 0.2) is 0 Å². The molecule has 1 heterocycles. The third kappa shape index (κ3) is 4.38. The molecule has 0 aromatic heterocycles. The van der Waals surface area contributed by atoms with Gasteiger partial charge in [-0.05, 0) is 41.8 Å². The Balaban J connectivity index is 1.60. The number of hydrogen-bond donors (Lipinski definition) is 2. The number of hydrogen-bond acceptors (Lipinski definition) is 4. The molecule has 0 radical (unpaired) electrons. The van der Waals surface area contributed by atoms with Gasteiger partial charge in [0.25, 0.3) is 0 Å². The number of benzene rings is 2. The highest BCUT2D eigenvalue weighted by atomic mass is 16.5. The SMILES string of the molecule is CN(CCO)c1ccc(NC(=O)CC2OCCc3ccccc32)cc1. The smallest absolute Gasteiger partial charge is 0.227 e. The summed E-state index contributed by atoms with van der Waals surface area (Å²) in [5.74, 6) is -0.0573. The Morgan fingerprint density at radius 2 is 2.00 bits per heavy atom. The van der Waals surface area contributed by atoms with Crippen LogP contribution in [-0.4, -0.2) is 37.8 Å². The second kappa shape index (κ2) is 8.14. The second-order valence-electron chi connectivity index (χ2n) is 6.25. The van der Waals surface area contributed by atoms with Gasteiger partial charge < -0.3 is 20.1 Å². The first-order valence-electron chi connectivity index (χ1n) is 8.58. The molecule has 1 aliphatic rings. The molecule has 1 atom stereocenters. The summed E-state index contributed by atoms with van der Waals surface area (Å²) in [4.78, 5) is 14.3. The molecule has 2 aromatic carbocycles. The van der Waals surface area contributed by atoms with Gasteiger partial charge in [-0.2, -0.15) is 0 Å². The molecular formula is C20H24N2O3. The lowest BCUT2D eigenvalue weighted by Gasteiger charge is -2.25. The van der Waals surface area contributed by atoms with E-state index in [1.807, 2.05) is 54.4 Å². The standard InChI is InChI=1S/C20H24N2O3/c1-22(11-12-23)17-8-6-16(7-9-17)21-20(24)14-19-18-5-3-2-4-15(18)10-13-25-19/h2-9,19,23H,10-14H2,1H3,(H,21,24). The van der Waals surface area contributed by atoms with Crippen LogP contribution in [0.25, 0.3) is 0 Å². The third-order valence-corrected chi connectivity index (χ3v) is 4.49. The summed E-state index contributed by atoms with van der Waals surface area (Å²) in [6.07, 6.45) is 1.03. The fourth-order valence-electron chi connectivity index (χ4n) is 3.10. The molecule has 1 aliphatic heterocycles. The lowest BCUT2D eigenvalue weighted by Crippen LogP contribution is -2.22. The van der Waals surface area contributed by atoms with Crippen LogP contribution in [0.2, 0.25) is 0 Å². The highest BCUT2D eigenvalue weighted by Gasteiger charge is 2.23. The number of aliphatic hydroxyl groups excluding tert-OH is 1. The van der Waals surface area contributed by atoms with E-state index in [0.717, 1.165) is 23.4 Å². The molecule has 3 rings (SSSR count). The Morgan fingerprint density at radius 1 is 1.24 bits per heavy atom. The number of amides is 1. The van der Waals surface area contributed by atoms with Gasteiger partial charge in [-0.15, -0.1) is 0 Å². The van der Waals surface area contributed by atoms with Crippen molar-refractivity contribution in [2.24, 2.45) is 0 Å². The van der Waals surface area contributed by atoms with E-state index in [0.29, 0.717) is 19.6 Å². The van der Waals surface area contributed by atoms with Crippen molar-refractivity contribution in [1.29, 1.82) is 0 Å². The summed E-state index contributed by atoms with van der Waals surface area (Å²) in [5, 5.41) is 11.9. The number of rotatable bonds is 6. The Bertz CT molecular complexity index is 715. The predicted octanol–water partition coefficient (Wildman–Crippen LogP) is 2.76. The fraction of sp³-hybridized carbons (Fsp3) is 0.350. The largest absolute Gasteiger partial charge is 0.395 e. The fourth-order valence-corrected chi connectivity index (χ4v) is 3.10. The summed E-state index contributed by atoms with van der Waals surface area (Å²) in [6, 6.07) is 15.8. The monoisotopic (exact) mass is 340 g/mol. The van der Waals surface area contributed by atoms with E-state index in [1.54, 1.807) is 0 Å². The summed E-state index contributed by atoms with van der Waals surface area (Å²) < 4.78 is 5.80. The van der Waals surface area contributed by atoms with Crippen molar-refractivity contribution in [2.45, 2.75) is 18.9 Å². The minimum atomic E-state index is -0.181. The number of ether oxygens (including phenoxy) is 1. The van der Waals surface area contributed by atoms with Crippen LogP contribution in [0.1, 0.15) is 23.7 Å². The molecule has 0 bridgehead atoms. The molecule has 5 heteroatoms. The van der Waals surface area contributed by atoms with Gasteiger partial charge in [0.1, 0.15) is 0 Å². The van der Waals surface area contributed by atoms with Crippen molar-refractivity contribution in [3.8, 4) is 0 Å². The van der Waals surface area contributed by atoms with E-state index in [1.165, 1.54) is 5.56 Å². The molecular weight excluding hydrogens is 316 g/mol. The molecule has 0 saturated carbocycles. The summed E-state index contributed by atoms with van der Waals surface area (Å²) in [5.41, 5.74) is 4.14. The second-order valence-corrected chi connectivity index (χ2v) is 6.25. The minimum Gasteiger partial charge on any atom is -0.395 e. The third-order valence-electron chi connectivity index (χ3n) is 4.49. The van der Waals surface area contributed by atoms with Crippen LogP contribution < -0.4 is 10.2 Å². The van der Waals surface area contributed by atoms with E-state index in [9.17, 15) is 4.79 Å². The van der Waals surface area contributed by atoms with Crippen molar-refractivity contribution in [3.05, 3.63) is 59.7 Å². The topological polar surface area (TPSA) is 61.8 Å². The summed E-state index contributed by atoms with van der Waals surface area (Å²) >= 11 is 0. The van der Waals surface area contributed by atoms with Crippen LogP contribution in [0.5, 0.6) is 0 Å². The maximum atomic E-state index is 12.4. The summed E-state index contributed by atoms with van der Waals surface area (Å²) in [7, 11) is 1.92. The zero-order valence-corrected chi connectivity index (χ0v) is 14.4. The number of aliphatic hydroxyl groups is 1. The Hall–Kier alpha value is -2.37. The molecule has 2 aromatic rings. The van der Waals surface area contributed by atoms with Crippen LogP contribution in [0.4, 0.5) is 11.4 Å². The number of likely N-dealkylation sites (N-methyl/N-ethyl adjacent to an activating group) is 1. The first-order chi connectivity index (χ1) is 12.2. The first-order valence-corrected chi connectivity index (χ1v) is 8.58. The highest BCUT2D eigenvalue weighted by molar-refractivity contribution is 5.91.